The summed E-state index contributed by atoms with van der Waals surface area (Å²) in [6, 6.07) is 17.3. The van der Waals surface area contributed by atoms with Gasteiger partial charge in [-0.05, 0) is 42.8 Å². The fraction of sp³-hybridized carbons (Fsp3) is 0.227. The largest absolute Gasteiger partial charge is 0.497 e. The highest BCUT2D eigenvalue weighted by atomic mass is 32.2. The zero-order valence-corrected chi connectivity index (χ0v) is 17.5. The van der Waals surface area contributed by atoms with Crippen LogP contribution >= 0.6 is 11.8 Å². The van der Waals surface area contributed by atoms with Crippen LogP contribution in [0.1, 0.15) is 11.1 Å². The molecule has 1 amide bonds. The first kappa shape index (κ1) is 20.7. The standard InChI is InChI=1S/C22H23N3O3S/c1-15-4-6-16(7-5-15)13-23-21(26)14-29-22-11-9-19(24-25-22)18-12-17(27-2)8-10-20(18)28-3/h4-12H,13-14H2,1-3H3,(H,23,26). The van der Waals surface area contributed by atoms with Gasteiger partial charge in [-0.25, -0.2) is 0 Å². The van der Waals surface area contributed by atoms with Crippen molar-refractivity contribution in [3.8, 4) is 22.8 Å². The van der Waals surface area contributed by atoms with Gasteiger partial charge in [-0.15, -0.1) is 10.2 Å². The number of aryl methyl sites for hydroxylation is 1. The molecular formula is C22H23N3O3S. The van der Waals surface area contributed by atoms with Gasteiger partial charge in [0, 0.05) is 12.1 Å². The van der Waals surface area contributed by atoms with Crippen molar-refractivity contribution >= 4 is 17.7 Å². The lowest BCUT2D eigenvalue weighted by atomic mass is 10.1. The normalized spacial score (nSPS) is 10.4. The number of nitrogens with one attached hydrogen (secondary N) is 1. The number of amides is 1. The second-order valence-corrected chi connectivity index (χ2v) is 7.37. The van der Waals surface area contributed by atoms with Crippen LogP contribution in [-0.4, -0.2) is 36.1 Å². The molecule has 7 heteroatoms. The quantitative estimate of drug-likeness (QED) is 0.569. The van der Waals surface area contributed by atoms with E-state index in [-0.39, 0.29) is 11.7 Å². The first-order chi connectivity index (χ1) is 14.1. The molecule has 0 saturated heterocycles. The third kappa shape index (κ3) is 5.71. The minimum atomic E-state index is -0.0454. The molecule has 0 saturated carbocycles. The number of carbonyl (C=O) groups is 1. The molecule has 3 aromatic rings. The van der Waals surface area contributed by atoms with Crippen LogP contribution < -0.4 is 14.8 Å². The van der Waals surface area contributed by atoms with Gasteiger partial charge in [0.15, 0.2) is 0 Å². The summed E-state index contributed by atoms with van der Waals surface area (Å²) < 4.78 is 10.7. The first-order valence-electron chi connectivity index (χ1n) is 9.10. The summed E-state index contributed by atoms with van der Waals surface area (Å²) in [6.45, 7) is 2.55. The van der Waals surface area contributed by atoms with Crippen LogP contribution in [0.2, 0.25) is 0 Å². The lowest BCUT2D eigenvalue weighted by Crippen LogP contribution is -2.24. The molecule has 1 heterocycles. The Morgan fingerprint density at radius 3 is 2.45 bits per heavy atom. The van der Waals surface area contributed by atoms with Crippen molar-refractivity contribution in [2.75, 3.05) is 20.0 Å². The molecule has 2 aromatic carbocycles. The Bertz CT molecular complexity index is 960. The smallest absolute Gasteiger partial charge is 0.230 e. The van der Waals surface area contributed by atoms with Gasteiger partial charge in [-0.2, -0.15) is 0 Å². The molecule has 1 aromatic heterocycles. The molecule has 0 aliphatic rings. The number of methoxy groups -OCH3 is 2. The van der Waals surface area contributed by atoms with E-state index in [4.69, 9.17) is 9.47 Å². The third-order valence-electron chi connectivity index (χ3n) is 4.28. The molecule has 0 aliphatic carbocycles. The zero-order valence-electron chi connectivity index (χ0n) is 16.6. The molecule has 150 valence electrons. The summed E-state index contributed by atoms with van der Waals surface area (Å²) >= 11 is 1.35. The van der Waals surface area contributed by atoms with Gasteiger partial charge in [0.25, 0.3) is 0 Å². The molecule has 0 spiro atoms. The van der Waals surface area contributed by atoms with Crippen LogP contribution in [0.5, 0.6) is 11.5 Å². The predicted molar refractivity (Wildman–Crippen MR) is 114 cm³/mol. The second kappa shape index (κ2) is 9.93. The average molecular weight is 410 g/mol. The highest BCUT2D eigenvalue weighted by Crippen LogP contribution is 2.32. The molecular weight excluding hydrogens is 386 g/mol. The number of ether oxygens (including phenoxy) is 2. The minimum absolute atomic E-state index is 0.0454. The van der Waals surface area contributed by atoms with Crippen molar-refractivity contribution in [2.24, 2.45) is 0 Å². The van der Waals surface area contributed by atoms with E-state index in [1.165, 1.54) is 17.3 Å². The second-order valence-electron chi connectivity index (χ2n) is 6.37. The fourth-order valence-corrected chi connectivity index (χ4v) is 3.30. The average Bonchev–Trinajstić information content (AvgIpc) is 2.77. The van der Waals surface area contributed by atoms with Crippen molar-refractivity contribution in [1.29, 1.82) is 0 Å². The lowest BCUT2D eigenvalue weighted by Gasteiger charge is -2.10. The number of nitrogens with zero attached hydrogens (tertiary/aromatic N) is 2. The predicted octanol–water partition coefficient (Wildman–Crippen LogP) is 3.88. The van der Waals surface area contributed by atoms with Gasteiger partial charge in [0.05, 0.1) is 25.7 Å². The maximum atomic E-state index is 12.1. The first-order valence-corrected chi connectivity index (χ1v) is 10.1. The summed E-state index contributed by atoms with van der Waals surface area (Å²) in [5, 5.41) is 12.1. The molecule has 0 unspecified atom stereocenters. The zero-order chi connectivity index (χ0) is 20.6. The van der Waals surface area contributed by atoms with E-state index in [9.17, 15) is 4.79 Å². The van der Waals surface area contributed by atoms with Crippen LogP contribution in [0.15, 0.2) is 59.6 Å². The number of benzene rings is 2. The van der Waals surface area contributed by atoms with Crippen molar-refractivity contribution in [3.05, 3.63) is 65.7 Å². The van der Waals surface area contributed by atoms with E-state index in [1.54, 1.807) is 14.2 Å². The monoisotopic (exact) mass is 409 g/mol. The maximum absolute atomic E-state index is 12.1. The molecule has 0 aliphatic heterocycles. The number of hydrogen-bond donors (Lipinski definition) is 1. The molecule has 6 nitrogen and oxygen atoms in total. The van der Waals surface area contributed by atoms with E-state index in [0.29, 0.717) is 28.8 Å². The van der Waals surface area contributed by atoms with E-state index in [0.717, 1.165) is 11.1 Å². The Balaban J connectivity index is 1.56. The lowest BCUT2D eigenvalue weighted by molar-refractivity contribution is -0.118. The molecule has 0 radical (unpaired) electrons. The van der Waals surface area contributed by atoms with Crippen LogP contribution in [0.3, 0.4) is 0 Å². The number of hydrogen-bond acceptors (Lipinski definition) is 6. The van der Waals surface area contributed by atoms with E-state index < -0.39 is 0 Å². The van der Waals surface area contributed by atoms with Crippen LogP contribution in [0, 0.1) is 6.92 Å². The molecule has 0 fully saturated rings. The van der Waals surface area contributed by atoms with Gasteiger partial charge in [-0.1, -0.05) is 41.6 Å². The number of thioether (sulfide) groups is 1. The Kier molecular flexibility index (Phi) is 7.08. The van der Waals surface area contributed by atoms with E-state index >= 15 is 0 Å². The fourth-order valence-electron chi connectivity index (χ4n) is 2.65. The van der Waals surface area contributed by atoms with Crippen molar-refractivity contribution in [1.82, 2.24) is 15.5 Å². The molecule has 29 heavy (non-hydrogen) atoms. The van der Waals surface area contributed by atoms with Gasteiger partial charge in [0.2, 0.25) is 5.91 Å². The summed E-state index contributed by atoms with van der Waals surface area (Å²) in [4.78, 5) is 12.1. The minimum Gasteiger partial charge on any atom is -0.497 e. The Morgan fingerprint density at radius 1 is 1.00 bits per heavy atom. The number of rotatable bonds is 8. The van der Waals surface area contributed by atoms with Crippen LogP contribution in [0.25, 0.3) is 11.3 Å². The maximum Gasteiger partial charge on any atom is 0.230 e. The third-order valence-corrected chi connectivity index (χ3v) is 5.20. The summed E-state index contributed by atoms with van der Waals surface area (Å²) in [7, 11) is 3.22. The number of carbonyl (C=O) groups excluding carboxylic acids is 1. The van der Waals surface area contributed by atoms with E-state index in [2.05, 4.69) is 15.5 Å². The number of aromatic nitrogens is 2. The Labute approximate surface area is 174 Å². The van der Waals surface area contributed by atoms with Crippen LogP contribution in [0.4, 0.5) is 0 Å². The van der Waals surface area contributed by atoms with Crippen LogP contribution in [-0.2, 0) is 11.3 Å². The molecule has 0 bridgehead atoms. The SMILES string of the molecule is COc1ccc(OC)c(-c2ccc(SCC(=O)NCc3ccc(C)cc3)nn2)c1. The van der Waals surface area contributed by atoms with Crippen molar-refractivity contribution in [2.45, 2.75) is 18.5 Å². The van der Waals surface area contributed by atoms with Gasteiger partial charge in [0.1, 0.15) is 16.5 Å². The highest BCUT2D eigenvalue weighted by molar-refractivity contribution is 7.99. The van der Waals surface area contributed by atoms with E-state index in [1.807, 2.05) is 61.5 Å². The van der Waals surface area contributed by atoms with Crippen molar-refractivity contribution in [3.63, 3.8) is 0 Å². The van der Waals surface area contributed by atoms with Gasteiger partial charge >= 0.3 is 0 Å². The highest BCUT2D eigenvalue weighted by Gasteiger charge is 2.11. The molecule has 0 atom stereocenters. The molecule has 1 N–H and O–H groups in total. The van der Waals surface area contributed by atoms with Crippen molar-refractivity contribution < 1.29 is 14.3 Å². The van der Waals surface area contributed by atoms with Gasteiger partial charge < -0.3 is 14.8 Å². The topological polar surface area (TPSA) is 73.3 Å². The van der Waals surface area contributed by atoms with Gasteiger partial charge in [-0.3, -0.25) is 4.79 Å². The molecule has 3 rings (SSSR count). The Hall–Kier alpha value is -3.06. The summed E-state index contributed by atoms with van der Waals surface area (Å²) in [5.41, 5.74) is 3.75. The Morgan fingerprint density at radius 2 is 1.79 bits per heavy atom. The summed E-state index contributed by atoms with van der Waals surface area (Å²) in [5.74, 6) is 1.64. The summed E-state index contributed by atoms with van der Waals surface area (Å²) in [6.07, 6.45) is 0.